The standard InChI is InChI=1S/C17H24N2O/c1-2-6-17-16(5-1)13(12-20-17)11-19-9-3-4-15(19)10-18-14-7-8-14/h1-2,5-6,13-15,18H,3-4,7-12H2. The van der Waals surface area contributed by atoms with Crippen LogP contribution >= 0.6 is 0 Å². The Bertz CT molecular complexity index is 472. The van der Waals surface area contributed by atoms with Gasteiger partial charge in [-0.05, 0) is 38.3 Å². The van der Waals surface area contributed by atoms with E-state index < -0.39 is 0 Å². The fourth-order valence-electron chi connectivity index (χ4n) is 3.62. The number of likely N-dealkylation sites (tertiary alicyclic amines) is 1. The largest absolute Gasteiger partial charge is 0.493 e. The molecule has 1 aromatic carbocycles. The number of benzene rings is 1. The zero-order chi connectivity index (χ0) is 13.4. The maximum atomic E-state index is 5.82. The third-order valence-corrected chi connectivity index (χ3v) is 4.97. The summed E-state index contributed by atoms with van der Waals surface area (Å²) in [5.41, 5.74) is 1.41. The highest BCUT2D eigenvalue weighted by molar-refractivity contribution is 5.39. The van der Waals surface area contributed by atoms with Gasteiger partial charge in [0, 0.05) is 36.7 Å². The smallest absolute Gasteiger partial charge is 0.122 e. The van der Waals surface area contributed by atoms with Gasteiger partial charge in [0.1, 0.15) is 5.75 Å². The second-order valence-corrected chi connectivity index (χ2v) is 6.52. The first-order valence-corrected chi connectivity index (χ1v) is 8.09. The van der Waals surface area contributed by atoms with Gasteiger partial charge in [0.2, 0.25) is 0 Å². The fraction of sp³-hybridized carbons (Fsp3) is 0.647. The number of hydrogen-bond acceptors (Lipinski definition) is 3. The zero-order valence-corrected chi connectivity index (χ0v) is 12.1. The predicted octanol–water partition coefficient (Wildman–Crippen LogP) is 2.38. The van der Waals surface area contributed by atoms with Gasteiger partial charge in [0.25, 0.3) is 0 Å². The quantitative estimate of drug-likeness (QED) is 0.890. The third-order valence-electron chi connectivity index (χ3n) is 4.97. The van der Waals surface area contributed by atoms with E-state index in [-0.39, 0.29) is 0 Å². The summed E-state index contributed by atoms with van der Waals surface area (Å²) in [6.07, 6.45) is 5.48. The average molecular weight is 272 g/mol. The van der Waals surface area contributed by atoms with E-state index in [1.165, 1.54) is 44.3 Å². The molecule has 3 heteroatoms. The highest BCUT2D eigenvalue weighted by Gasteiger charge is 2.32. The molecule has 1 saturated heterocycles. The van der Waals surface area contributed by atoms with Gasteiger partial charge in [-0.25, -0.2) is 0 Å². The Kier molecular flexibility index (Phi) is 3.41. The highest BCUT2D eigenvalue weighted by Crippen LogP contribution is 2.35. The van der Waals surface area contributed by atoms with Crippen LogP contribution < -0.4 is 10.1 Å². The van der Waals surface area contributed by atoms with Crippen LogP contribution in [-0.2, 0) is 0 Å². The first-order valence-electron chi connectivity index (χ1n) is 8.09. The number of hydrogen-bond donors (Lipinski definition) is 1. The van der Waals surface area contributed by atoms with Crippen LogP contribution in [0.15, 0.2) is 24.3 Å². The van der Waals surface area contributed by atoms with E-state index in [9.17, 15) is 0 Å². The van der Waals surface area contributed by atoms with Gasteiger partial charge in [-0.1, -0.05) is 18.2 Å². The minimum Gasteiger partial charge on any atom is -0.493 e. The van der Waals surface area contributed by atoms with Gasteiger partial charge in [-0.15, -0.1) is 0 Å². The lowest BCUT2D eigenvalue weighted by Gasteiger charge is -2.27. The second kappa shape index (κ2) is 5.38. The Labute approximate surface area is 121 Å². The summed E-state index contributed by atoms with van der Waals surface area (Å²) >= 11 is 0. The lowest BCUT2D eigenvalue weighted by atomic mass is 10.0. The maximum Gasteiger partial charge on any atom is 0.122 e. The number of nitrogens with one attached hydrogen (secondary N) is 1. The van der Waals surface area contributed by atoms with E-state index in [4.69, 9.17) is 4.74 Å². The molecular formula is C17H24N2O. The summed E-state index contributed by atoms with van der Waals surface area (Å²) in [6, 6.07) is 10.1. The molecule has 0 amide bonds. The molecule has 0 aromatic heterocycles. The Balaban J connectivity index is 1.38. The molecule has 3 aliphatic rings. The van der Waals surface area contributed by atoms with Crippen LogP contribution in [0, 0.1) is 0 Å². The van der Waals surface area contributed by atoms with Crippen molar-refractivity contribution in [1.82, 2.24) is 10.2 Å². The summed E-state index contributed by atoms with van der Waals surface area (Å²) in [5.74, 6) is 1.66. The molecule has 0 bridgehead atoms. The average Bonchev–Trinajstić information content (AvgIpc) is 3.07. The van der Waals surface area contributed by atoms with Crippen LogP contribution in [0.3, 0.4) is 0 Å². The van der Waals surface area contributed by atoms with E-state index in [0.29, 0.717) is 5.92 Å². The molecule has 20 heavy (non-hydrogen) atoms. The molecule has 1 saturated carbocycles. The predicted molar refractivity (Wildman–Crippen MR) is 80.3 cm³/mol. The lowest BCUT2D eigenvalue weighted by molar-refractivity contribution is 0.214. The molecule has 1 N–H and O–H groups in total. The molecule has 2 unspecified atom stereocenters. The van der Waals surface area contributed by atoms with Crippen LogP contribution in [0.1, 0.15) is 37.2 Å². The number of rotatable bonds is 5. The van der Waals surface area contributed by atoms with Crippen LogP contribution in [0.5, 0.6) is 5.75 Å². The van der Waals surface area contributed by atoms with Crippen molar-refractivity contribution in [2.24, 2.45) is 0 Å². The van der Waals surface area contributed by atoms with E-state index >= 15 is 0 Å². The van der Waals surface area contributed by atoms with E-state index in [1.807, 2.05) is 0 Å². The summed E-state index contributed by atoms with van der Waals surface area (Å²) in [6.45, 7) is 4.46. The minimum atomic E-state index is 0.563. The van der Waals surface area contributed by atoms with Crippen molar-refractivity contribution in [1.29, 1.82) is 0 Å². The van der Waals surface area contributed by atoms with Crippen molar-refractivity contribution in [3.63, 3.8) is 0 Å². The van der Waals surface area contributed by atoms with Crippen LogP contribution in [0.4, 0.5) is 0 Å². The van der Waals surface area contributed by atoms with Crippen LogP contribution in [0.2, 0.25) is 0 Å². The molecule has 1 aliphatic carbocycles. The Morgan fingerprint density at radius 1 is 1.20 bits per heavy atom. The maximum absolute atomic E-state index is 5.82. The van der Waals surface area contributed by atoms with Crippen LogP contribution in [-0.4, -0.2) is 43.2 Å². The molecule has 2 fully saturated rings. The van der Waals surface area contributed by atoms with Crippen molar-refractivity contribution in [3.05, 3.63) is 29.8 Å². The first-order chi connectivity index (χ1) is 9.90. The van der Waals surface area contributed by atoms with Crippen molar-refractivity contribution in [2.75, 3.05) is 26.2 Å². The molecule has 0 radical (unpaired) electrons. The van der Waals surface area contributed by atoms with Gasteiger partial charge in [-0.2, -0.15) is 0 Å². The topological polar surface area (TPSA) is 24.5 Å². The molecule has 108 valence electrons. The lowest BCUT2D eigenvalue weighted by Crippen LogP contribution is -2.40. The number of fused-ring (bicyclic) bond motifs is 1. The van der Waals surface area contributed by atoms with Gasteiger partial charge >= 0.3 is 0 Å². The number of para-hydroxylation sites is 1. The third kappa shape index (κ3) is 2.57. The van der Waals surface area contributed by atoms with Crippen molar-refractivity contribution in [2.45, 2.75) is 43.7 Å². The van der Waals surface area contributed by atoms with E-state index in [1.54, 1.807) is 0 Å². The monoisotopic (exact) mass is 272 g/mol. The normalized spacial score (nSPS) is 29.4. The zero-order valence-electron chi connectivity index (χ0n) is 12.1. The SMILES string of the molecule is c1ccc2c(c1)OCC2CN1CCCC1CNC1CC1. The molecule has 3 nitrogen and oxygen atoms in total. The molecular weight excluding hydrogens is 248 g/mol. The fourth-order valence-corrected chi connectivity index (χ4v) is 3.62. The molecule has 2 aliphatic heterocycles. The Morgan fingerprint density at radius 2 is 2.10 bits per heavy atom. The molecule has 2 atom stereocenters. The Hall–Kier alpha value is -1.06. The van der Waals surface area contributed by atoms with Crippen molar-refractivity contribution in [3.8, 4) is 5.75 Å². The summed E-state index contributed by atoms with van der Waals surface area (Å²) in [4.78, 5) is 2.69. The highest BCUT2D eigenvalue weighted by atomic mass is 16.5. The summed E-state index contributed by atoms with van der Waals surface area (Å²) in [7, 11) is 0. The van der Waals surface area contributed by atoms with Crippen molar-refractivity contribution >= 4 is 0 Å². The number of nitrogens with zero attached hydrogens (tertiary/aromatic N) is 1. The molecule has 1 aromatic rings. The minimum absolute atomic E-state index is 0.563. The van der Waals surface area contributed by atoms with Gasteiger partial charge in [0.15, 0.2) is 0 Å². The van der Waals surface area contributed by atoms with Gasteiger partial charge in [-0.3, -0.25) is 4.90 Å². The van der Waals surface area contributed by atoms with Gasteiger partial charge < -0.3 is 10.1 Å². The molecule has 2 heterocycles. The summed E-state index contributed by atoms with van der Waals surface area (Å²) < 4.78 is 5.82. The van der Waals surface area contributed by atoms with Crippen molar-refractivity contribution < 1.29 is 4.74 Å². The molecule has 0 spiro atoms. The second-order valence-electron chi connectivity index (χ2n) is 6.52. The van der Waals surface area contributed by atoms with Crippen LogP contribution in [0.25, 0.3) is 0 Å². The Morgan fingerprint density at radius 3 is 3.00 bits per heavy atom. The first kappa shape index (κ1) is 12.7. The molecule has 4 rings (SSSR count). The number of ether oxygens (including phenoxy) is 1. The summed E-state index contributed by atoms with van der Waals surface area (Å²) in [5, 5.41) is 3.70. The van der Waals surface area contributed by atoms with E-state index in [2.05, 4.69) is 34.5 Å². The van der Waals surface area contributed by atoms with Gasteiger partial charge in [0.05, 0.1) is 6.61 Å². The van der Waals surface area contributed by atoms with E-state index in [0.717, 1.165) is 31.0 Å².